The molecule has 0 aliphatic heterocycles. The third-order valence-electron chi connectivity index (χ3n) is 3.02. The van der Waals surface area contributed by atoms with Gasteiger partial charge in [-0.2, -0.15) is 0 Å². The fraction of sp³-hybridized carbons (Fsp3) is 0.600. The van der Waals surface area contributed by atoms with Gasteiger partial charge in [-0.25, -0.2) is 0 Å². The molecule has 15 heavy (non-hydrogen) atoms. The van der Waals surface area contributed by atoms with E-state index >= 15 is 0 Å². The first kappa shape index (κ1) is 12.3. The smallest absolute Gasteiger partial charge is 0.0140 e. The number of allylic oxidation sites excluding steroid dienone is 6. The Morgan fingerprint density at radius 3 is 2.53 bits per heavy atom. The molecule has 0 heteroatoms. The summed E-state index contributed by atoms with van der Waals surface area (Å²) in [7, 11) is 0. The molecule has 0 aromatic carbocycles. The molecule has 0 nitrogen and oxygen atoms in total. The molecule has 0 heterocycles. The summed E-state index contributed by atoms with van der Waals surface area (Å²) in [5, 5.41) is 0. The van der Waals surface area contributed by atoms with E-state index in [1.54, 1.807) is 0 Å². The first-order valence-corrected chi connectivity index (χ1v) is 5.98. The second-order valence-electron chi connectivity index (χ2n) is 5.44. The topological polar surface area (TPSA) is 0 Å². The van der Waals surface area contributed by atoms with Crippen molar-refractivity contribution in [2.75, 3.05) is 0 Å². The molecule has 1 aliphatic carbocycles. The van der Waals surface area contributed by atoms with Gasteiger partial charge in [0.2, 0.25) is 0 Å². The Morgan fingerprint density at radius 2 is 1.80 bits per heavy atom. The molecule has 0 unspecified atom stereocenters. The lowest BCUT2D eigenvalue weighted by molar-refractivity contribution is 0.486. The van der Waals surface area contributed by atoms with Crippen molar-refractivity contribution in [3.8, 4) is 0 Å². The SMILES string of the molecule is CC1=CCC(C)(C)/C=C\C/C(C)=C\CC1. The summed E-state index contributed by atoms with van der Waals surface area (Å²) in [6, 6.07) is 0. The Kier molecular flexibility index (Phi) is 4.38. The summed E-state index contributed by atoms with van der Waals surface area (Å²) in [6.45, 7) is 9.10. The normalized spacial score (nSPS) is 28.3. The number of hydrogen-bond acceptors (Lipinski definition) is 0. The van der Waals surface area contributed by atoms with Crippen LogP contribution in [0.3, 0.4) is 0 Å². The molecule has 0 atom stereocenters. The molecule has 0 N–H and O–H groups in total. The summed E-state index contributed by atoms with van der Waals surface area (Å²) in [4.78, 5) is 0. The zero-order chi connectivity index (χ0) is 11.3. The monoisotopic (exact) mass is 204 g/mol. The van der Waals surface area contributed by atoms with Gasteiger partial charge in [-0.05, 0) is 44.9 Å². The van der Waals surface area contributed by atoms with Gasteiger partial charge in [0.15, 0.2) is 0 Å². The Morgan fingerprint density at radius 1 is 1.07 bits per heavy atom. The van der Waals surface area contributed by atoms with E-state index in [4.69, 9.17) is 0 Å². The van der Waals surface area contributed by atoms with Crippen molar-refractivity contribution in [1.29, 1.82) is 0 Å². The van der Waals surface area contributed by atoms with E-state index in [9.17, 15) is 0 Å². The lowest BCUT2D eigenvalue weighted by Gasteiger charge is -2.18. The maximum atomic E-state index is 2.40. The second kappa shape index (κ2) is 5.34. The molecule has 0 saturated carbocycles. The number of rotatable bonds is 0. The second-order valence-corrected chi connectivity index (χ2v) is 5.44. The molecule has 1 aliphatic rings. The minimum absolute atomic E-state index is 0.311. The third kappa shape index (κ3) is 5.01. The van der Waals surface area contributed by atoms with Crippen LogP contribution in [0.15, 0.2) is 35.5 Å². The molecular formula is C15H24. The van der Waals surface area contributed by atoms with Crippen molar-refractivity contribution < 1.29 is 0 Å². The van der Waals surface area contributed by atoms with Gasteiger partial charge >= 0.3 is 0 Å². The van der Waals surface area contributed by atoms with Crippen molar-refractivity contribution in [3.63, 3.8) is 0 Å². The van der Waals surface area contributed by atoms with Gasteiger partial charge in [0.25, 0.3) is 0 Å². The van der Waals surface area contributed by atoms with Crippen LogP contribution < -0.4 is 0 Å². The Hall–Kier alpha value is -0.780. The van der Waals surface area contributed by atoms with Gasteiger partial charge in [0.1, 0.15) is 0 Å². The van der Waals surface area contributed by atoms with Crippen LogP contribution in [0.2, 0.25) is 0 Å². The lowest BCUT2D eigenvalue weighted by atomic mass is 9.87. The molecule has 1 rings (SSSR count). The van der Waals surface area contributed by atoms with E-state index in [0.29, 0.717) is 5.41 Å². The summed E-state index contributed by atoms with van der Waals surface area (Å²) in [5.41, 5.74) is 3.34. The molecule has 0 bridgehead atoms. The predicted octanol–water partition coefficient (Wildman–Crippen LogP) is 5.04. The zero-order valence-corrected chi connectivity index (χ0v) is 10.6. The van der Waals surface area contributed by atoms with E-state index in [1.807, 2.05) is 0 Å². The summed E-state index contributed by atoms with van der Waals surface area (Å²) in [6.07, 6.45) is 14.1. The molecule has 0 radical (unpaired) electrons. The van der Waals surface area contributed by atoms with Gasteiger partial charge in [0, 0.05) is 0 Å². The summed E-state index contributed by atoms with van der Waals surface area (Å²) < 4.78 is 0. The van der Waals surface area contributed by atoms with E-state index in [-0.39, 0.29) is 0 Å². The first-order valence-electron chi connectivity index (χ1n) is 5.98. The quantitative estimate of drug-likeness (QED) is 0.485. The van der Waals surface area contributed by atoms with E-state index in [2.05, 4.69) is 52.0 Å². The first-order chi connectivity index (χ1) is 6.99. The minimum atomic E-state index is 0.311. The standard InChI is InChI=1S/C15H24/c1-13-7-5-8-14(2)10-12-15(3,4)11-6-9-13/h6-7,10-11H,5,8-9,12H2,1-4H3/b11-6-,13-7-,14-10?. The fourth-order valence-electron chi connectivity index (χ4n) is 1.80. The highest BCUT2D eigenvalue weighted by molar-refractivity contribution is 5.12. The third-order valence-corrected chi connectivity index (χ3v) is 3.02. The average molecular weight is 204 g/mol. The highest BCUT2D eigenvalue weighted by atomic mass is 14.2. The average Bonchev–Trinajstić information content (AvgIpc) is 2.15. The van der Waals surface area contributed by atoms with Crippen molar-refractivity contribution in [2.24, 2.45) is 5.41 Å². The Bertz CT molecular complexity index is 287. The molecule has 0 aromatic rings. The van der Waals surface area contributed by atoms with Crippen LogP contribution in [0.4, 0.5) is 0 Å². The van der Waals surface area contributed by atoms with Crippen molar-refractivity contribution >= 4 is 0 Å². The molecule has 84 valence electrons. The Labute approximate surface area is 94.8 Å². The molecule has 0 saturated heterocycles. The van der Waals surface area contributed by atoms with Crippen LogP contribution in [-0.2, 0) is 0 Å². The van der Waals surface area contributed by atoms with Gasteiger partial charge in [-0.15, -0.1) is 0 Å². The minimum Gasteiger partial charge on any atom is -0.0850 e. The number of hydrogen-bond donors (Lipinski definition) is 0. The van der Waals surface area contributed by atoms with Crippen LogP contribution in [-0.4, -0.2) is 0 Å². The lowest BCUT2D eigenvalue weighted by Crippen LogP contribution is -2.05. The maximum Gasteiger partial charge on any atom is -0.0140 e. The van der Waals surface area contributed by atoms with Crippen molar-refractivity contribution in [2.45, 2.75) is 53.4 Å². The van der Waals surface area contributed by atoms with E-state index < -0.39 is 0 Å². The van der Waals surface area contributed by atoms with Crippen LogP contribution in [0.5, 0.6) is 0 Å². The van der Waals surface area contributed by atoms with Gasteiger partial charge < -0.3 is 0 Å². The molecular weight excluding hydrogens is 180 g/mol. The van der Waals surface area contributed by atoms with Crippen LogP contribution in [0.1, 0.15) is 53.4 Å². The molecule has 0 spiro atoms. The van der Waals surface area contributed by atoms with Crippen molar-refractivity contribution in [3.05, 3.63) is 35.5 Å². The van der Waals surface area contributed by atoms with E-state index in [1.165, 1.54) is 24.0 Å². The zero-order valence-electron chi connectivity index (χ0n) is 10.6. The van der Waals surface area contributed by atoms with Gasteiger partial charge in [-0.3, -0.25) is 0 Å². The highest BCUT2D eigenvalue weighted by Crippen LogP contribution is 2.25. The molecule has 0 fully saturated rings. The van der Waals surface area contributed by atoms with Crippen molar-refractivity contribution in [1.82, 2.24) is 0 Å². The van der Waals surface area contributed by atoms with Gasteiger partial charge in [0.05, 0.1) is 0 Å². The maximum absolute atomic E-state index is 2.40. The predicted molar refractivity (Wildman–Crippen MR) is 68.9 cm³/mol. The van der Waals surface area contributed by atoms with Crippen LogP contribution in [0.25, 0.3) is 0 Å². The fourth-order valence-corrected chi connectivity index (χ4v) is 1.80. The molecule has 0 amide bonds. The Balaban J connectivity index is 2.79. The highest BCUT2D eigenvalue weighted by Gasteiger charge is 2.11. The van der Waals surface area contributed by atoms with Gasteiger partial charge in [-0.1, -0.05) is 49.3 Å². The summed E-state index contributed by atoms with van der Waals surface area (Å²) >= 11 is 0. The summed E-state index contributed by atoms with van der Waals surface area (Å²) in [5.74, 6) is 0. The van der Waals surface area contributed by atoms with Crippen LogP contribution >= 0.6 is 0 Å². The largest absolute Gasteiger partial charge is 0.0850 e. The molecule has 0 aromatic heterocycles. The van der Waals surface area contributed by atoms with Crippen LogP contribution in [0, 0.1) is 5.41 Å². The van der Waals surface area contributed by atoms with E-state index in [0.717, 1.165) is 12.8 Å².